The zero-order chi connectivity index (χ0) is 15.4. The lowest BCUT2D eigenvalue weighted by Gasteiger charge is -2.27. The molecule has 0 saturated carbocycles. The Hall–Kier alpha value is -1.51. The number of nitrogens with two attached hydrogens (primary N) is 1. The lowest BCUT2D eigenvalue weighted by molar-refractivity contribution is -0.167. The summed E-state index contributed by atoms with van der Waals surface area (Å²) in [4.78, 5) is 22.8. The van der Waals surface area contributed by atoms with Crippen molar-refractivity contribution < 1.29 is 27.5 Å². The number of carbonyl (C=O) groups excluding carboxylic acids is 2. The number of amides is 2. The highest BCUT2D eigenvalue weighted by molar-refractivity contribution is 5.83. The highest BCUT2D eigenvalue weighted by Gasteiger charge is 2.35. The second-order valence-corrected chi connectivity index (χ2v) is 4.94. The van der Waals surface area contributed by atoms with Crippen LogP contribution < -0.4 is 11.2 Å². The van der Waals surface area contributed by atoms with Gasteiger partial charge >= 0.3 is 12.3 Å². The lowest BCUT2D eigenvalue weighted by atomic mass is 10.2. The minimum Gasteiger partial charge on any atom is -0.443 e. The van der Waals surface area contributed by atoms with Gasteiger partial charge in [-0.3, -0.25) is 4.79 Å². The van der Waals surface area contributed by atoms with Crippen molar-refractivity contribution in [2.75, 3.05) is 6.54 Å². The van der Waals surface area contributed by atoms with E-state index in [1.165, 1.54) is 27.7 Å². The highest BCUT2D eigenvalue weighted by Crippen LogP contribution is 2.16. The fraction of sp³-hybridized carbons (Fsp3) is 0.800. The van der Waals surface area contributed by atoms with E-state index in [-0.39, 0.29) is 5.01 Å². The van der Waals surface area contributed by atoms with E-state index in [0.717, 1.165) is 0 Å². The van der Waals surface area contributed by atoms with Gasteiger partial charge in [0.25, 0.3) is 5.91 Å². The van der Waals surface area contributed by atoms with Crippen LogP contribution in [0.25, 0.3) is 0 Å². The standard InChI is InChI=1S/C10H18F3N3O3/c1-6(14)7(17)16(5-10(11,12)13)15-8(18)19-9(2,3)4/h6H,5,14H2,1-4H3,(H,15,18). The summed E-state index contributed by atoms with van der Waals surface area (Å²) < 4.78 is 41.6. The largest absolute Gasteiger partial charge is 0.443 e. The first-order chi connectivity index (χ1) is 8.32. The summed E-state index contributed by atoms with van der Waals surface area (Å²) >= 11 is 0. The predicted molar refractivity (Wildman–Crippen MR) is 60.8 cm³/mol. The van der Waals surface area contributed by atoms with E-state index < -0.39 is 36.4 Å². The fourth-order valence-corrected chi connectivity index (χ4v) is 1.01. The van der Waals surface area contributed by atoms with Crippen LogP contribution in [0.3, 0.4) is 0 Å². The smallest absolute Gasteiger partial charge is 0.426 e. The van der Waals surface area contributed by atoms with Gasteiger partial charge in [0.1, 0.15) is 12.1 Å². The molecule has 0 heterocycles. The monoisotopic (exact) mass is 285 g/mol. The molecule has 9 heteroatoms. The Labute approximate surface area is 109 Å². The molecule has 0 rings (SSSR count). The average Bonchev–Trinajstić information content (AvgIpc) is 2.09. The number of alkyl halides is 3. The zero-order valence-corrected chi connectivity index (χ0v) is 11.2. The van der Waals surface area contributed by atoms with E-state index in [9.17, 15) is 22.8 Å². The molecule has 0 aliphatic carbocycles. The Morgan fingerprint density at radius 2 is 1.79 bits per heavy atom. The Balaban J connectivity index is 4.78. The number of hydrogen-bond acceptors (Lipinski definition) is 4. The van der Waals surface area contributed by atoms with Crippen molar-refractivity contribution in [3.63, 3.8) is 0 Å². The maximum atomic E-state index is 12.3. The van der Waals surface area contributed by atoms with Crippen LogP contribution in [-0.2, 0) is 9.53 Å². The van der Waals surface area contributed by atoms with Gasteiger partial charge in [-0.2, -0.15) is 13.2 Å². The third-order valence-electron chi connectivity index (χ3n) is 1.62. The minimum absolute atomic E-state index is 0.0960. The van der Waals surface area contributed by atoms with Gasteiger partial charge < -0.3 is 10.5 Å². The quantitative estimate of drug-likeness (QED) is 0.746. The third kappa shape index (κ3) is 8.25. The van der Waals surface area contributed by atoms with E-state index in [2.05, 4.69) is 0 Å². The van der Waals surface area contributed by atoms with E-state index >= 15 is 0 Å². The number of nitrogens with zero attached hydrogens (tertiary/aromatic N) is 1. The molecule has 0 spiro atoms. The second kappa shape index (κ2) is 6.09. The van der Waals surface area contributed by atoms with E-state index in [4.69, 9.17) is 10.5 Å². The molecule has 1 atom stereocenters. The maximum absolute atomic E-state index is 12.3. The average molecular weight is 285 g/mol. The number of ether oxygens (including phenoxy) is 1. The number of hydrogen-bond donors (Lipinski definition) is 2. The summed E-state index contributed by atoms with van der Waals surface area (Å²) in [5.41, 5.74) is 6.04. The van der Waals surface area contributed by atoms with Gasteiger partial charge in [-0.05, 0) is 27.7 Å². The molecule has 112 valence electrons. The lowest BCUT2D eigenvalue weighted by Crippen LogP contribution is -2.55. The van der Waals surface area contributed by atoms with Crippen molar-refractivity contribution in [3.05, 3.63) is 0 Å². The van der Waals surface area contributed by atoms with Crippen molar-refractivity contribution in [1.82, 2.24) is 10.4 Å². The normalized spacial score (nSPS) is 13.7. The van der Waals surface area contributed by atoms with E-state index in [0.29, 0.717) is 0 Å². The second-order valence-electron chi connectivity index (χ2n) is 4.94. The molecule has 19 heavy (non-hydrogen) atoms. The van der Waals surface area contributed by atoms with E-state index in [1.54, 1.807) is 5.43 Å². The highest BCUT2D eigenvalue weighted by atomic mass is 19.4. The molecule has 6 nitrogen and oxygen atoms in total. The molecule has 0 aliphatic rings. The van der Waals surface area contributed by atoms with Crippen LogP contribution in [0, 0.1) is 0 Å². The van der Waals surface area contributed by atoms with Crippen LogP contribution in [0.4, 0.5) is 18.0 Å². The van der Waals surface area contributed by atoms with Crippen LogP contribution >= 0.6 is 0 Å². The molecular formula is C10H18F3N3O3. The van der Waals surface area contributed by atoms with Crippen LogP contribution in [0.5, 0.6) is 0 Å². The summed E-state index contributed by atoms with van der Waals surface area (Å²) in [7, 11) is 0. The number of carbonyl (C=O) groups is 2. The SMILES string of the molecule is CC(N)C(=O)N(CC(F)(F)F)NC(=O)OC(C)(C)C. The van der Waals surface area contributed by atoms with Gasteiger partial charge in [-0.15, -0.1) is 0 Å². The molecule has 0 fully saturated rings. The maximum Gasteiger partial charge on any atom is 0.426 e. The topological polar surface area (TPSA) is 84.7 Å². The van der Waals surface area contributed by atoms with Gasteiger partial charge in [0.15, 0.2) is 0 Å². The van der Waals surface area contributed by atoms with Crippen molar-refractivity contribution in [3.8, 4) is 0 Å². The van der Waals surface area contributed by atoms with Gasteiger partial charge in [0, 0.05) is 0 Å². The minimum atomic E-state index is -4.67. The summed E-state index contributed by atoms with van der Waals surface area (Å²) in [5, 5.41) is 0.0960. The van der Waals surface area contributed by atoms with Crippen LogP contribution in [0.15, 0.2) is 0 Å². The van der Waals surface area contributed by atoms with Gasteiger partial charge in [-0.25, -0.2) is 15.2 Å². The Morgan fingerprint density at radius 1 is 1.32 bits per heavy atom. The summed E-state index contributed by atoms with van der Waals surface area (Å²) in [5.74, 6) is -1.07. The number of halogens is 3. The molecule has 2 amide bonds. The molecule has 0 saturated heterocycles. The predicted octanol–water partition coefficient (Wildman–Crippen LogP) is 1.16. The number of hydrazine groups is 1. The Kier molecular flexibility index (Phi) is 5.61. The summed E-state index contributed by atoms with van der Waals surface area (Å²) in [6.07, 6.45) is -5.83. The first-order valence-electron chi connectivity index (χ1n) is 5.45. The van der Waals surface area contributed by atoms with Crippen molar-refractivity contribution in [2.24, 2.45) is 5.73 Å². The number of rotatable bonds is 2. The molecular weight excluding hydrogens is 267 g/mol. The van der Waals surface area contributed by atoms with Crippen LogP contribution in [0.1, 0.15) is 27.7 Å². The molecule has 0 bridgehead atoms. The van der Waals surface area contributed by atoms with Crippen molar-refractivity contribution in [1.29, 1.82) is 0 Å². The molecule has 3 N–H and O–H groups in total. The van der Waals surface area contributed by atoms with Gasteiger partial charge in [0.05, 0.1) is 6.04 Å². The van der Waals surface area contributed by atoms with E-state index in [1.807, 2.05) is 0 Å². The molecule has 0 aromatic heterocycles. The van der Waals surface area contributed by atoms with Crippen LogP contribution in [0.2, 0.25) is 0 Å². The first kappa shape index (κ1) is 17.5. The van der Waals surface area contributed by atoms with Crippen LogP contribution in [-0.4, -0.2) is 41.4 Å². The Morgan fingerprint density at radius 3 is 2.11 bits per heavy atom. The number of nitrogens with one attached hydrogen (secondary N) is 1. The van der Waals surface area contributed by atoms with Crippen molar-refractivity contribution in [2.45, 2.75) is 45.5 Å². The summed E-state index contributed by atoms with van der Waals surface area (Å²) in [6, 6.07) is -1.18. The third-order valence-corrected chi connectivity index (χ3v) is 1.62. The summed E-state index contributed by atoms with van der Waals surface area (Å²) in [6.45, 7) is 4.17. The first-order valence-corrected chi connectivity index (χ1v) is 5.45. The fourth-order valence-electron chi connectivity index (χ4n) is 1.01. The molecule has 0 radical (unpaired) electrons. The van der Waals surface area contributed by atoms with Gasteiger partial charge in [-0.1, -0.05) is 0 Å². The van der Waals surface area contributed by atoms with Gasteiger partial charge in [0.2, 0.25) is 0 Å². The molecule has 0 aliphatic heterocycles. The zero-order valence-electron chi connectivity index (χ0n) is 11.2. The van der Waals surface area contributed by atoms with Crippen molar-refractivity contribution >= 4 is 12.0 Å². The molecule has 1 unspecified atom stereocenters. The molecule has 0 aromatic carbocycles. The molecule has 0 aromatic rings. The Bertz CT molecular complexity index is 337.